The lowest BCUT2D eigenvalue weighted by Crippen LogP contribution is -2.31. The lowest BCUT2D eigenvalue weighted by atomic mass is 9.81. The predicted octanol–water partition coefficient (Wildman–Crippen LogP) is 2.95. The van der Waals surface area contributed by atoms with Crippen LogP contribution in [0.1, 0.15) is 45.4 Å². The highest BCUT2D eigenvalue weighted by Crippen LogP contribution is 2.29. The third-order valence-electron chi connectivity index (χ3n) is 3.45. The van der Waals surface area contributed by atoms with Crippen LogP contribution in [0.25, 0.3) is 0 Å². The summed E-state index contributed by atoms with van der Waals surface area (Å²) < 4.78 is 0. The first-order chi connectivity index (χ1) is 7.26. The Balaban J connectivity index is 2.10. The van der Waals surface area contributed by atoms with Crippen LogP contribution in [0, 0.1) is 11.8 Å². The minimum atomic E-state index is 0.0996. The third kappa shape index (κ3) is 4.87. The fraction of sp³-hybridized carbons (Fsp3) is 0.917. The van der Waals surface area contributed by atoms with Crippen LogP contribution in [0.2, 0.25) is 0 Å². The molecule has 0 unspecified atom stereocenters. The molecule has 2 nitrogen and oxygen atoms in total. The zero-order valence-corrected chi connectivity index (χ0v) is 10.4. The molecule has 1 saturated carbocycles. The quantitative estimate of drug-likeness (QED) is 0.725. The molecule has 0 aromatic heterocycles. The van der Waals surface area contributed by atoms with Crippen LogP contribution >= 0.6 is 11.6 Å². The summed E-state index contributed by atoms with van der Waals surface area (Å²) >= 11 is 5.49. The predicted molar refractivity (Wildman–Crippen MR) is 64.1 cm³/mol. The van der Waals surface area contributed by atoms with Gasteiger partial charge in [-0.05, 0) is 24.7 Å². The van der Waals surface area contributed by atoms with Crippen molar-refractivity contribution in [3.63, 3.8) is 0 Å². The van der Waals surface area contributed by atoms with Crippen LogP contribution in [0.5, 0.6) is 0 Å². The van der Waals surface area contributed by atoms with Gasteiger partial charge in [0.1, 0.15) is 0 Å². The van der Waals surface area contributed by atoms with E-state index in [1.54, 1.807) is 0 Å². The first-order valence-corrected chi connectivity index (χ1v) is 6.62. The summed E-state index contributed by atoms with van der Waals surface area (Å²) in [6, 6.07) is 0. The number of carbonyl (C=O) groups is 1. The van der Waals surface area contributed by atoms with Gasteiger partial charge in [0, 0.05) is 18.8 Å². The van der Waals surface area contributed by atoms with Crippen molar-refractivity contribution in [2.45, 2.75) is 45.4 Å². The first-order valence-electron chi connectivity index (χ1n) is 6.09. The van der Waals surface area contributed by atoms with Crippen molar-refractivity contribution in [3.05, 3.63) is 0 Å². The maximum atomic E-state index is 11.2. The topological polar surface area (TPSA) is 29.1 Å². The highest BCUT2D eigenvalue weighted by molar-refractivity contribution is 6.18. The highest BCUT2D eigenvalue weighted by Gasteiger charge is 2.19. The summed E-state index contributed by atoms with van der Waals surface area (Å²) in [5.41, 5.74) is 0. The number of hydrogen-bond donors (Lipinski definition) is 1. The van der Waals surface area contributed by atoms with Crippen LogP contribution in [-0.4, -0.2) is 18.3 Å². The van der Waals surface area contributed by atoms with Gasteiger partial charge >= 0.3 is 0 Å². The SMILES string of the molecule is CCC1CCC(CNC(=O)CCCl)CC1. The average Bonchev–Trinajstić information content (AvgIpc) is 2.27. The van der Waals surface area contributed by atoms with Gasteiger partial charge in [-0.25, -0.2) is 0 Å². The Morgan fingerprint density at radius 2 is 1.87 bits per heavy atom. The maximum absolute atomic E-state index is 11.2. The standard InChI is InChI=1S/C12H22ClNO/c1-2-10-3-5-11(6-4-10)9-14-12(15)7-8-13/h10-11H,2-9H2,1H3,(H,14,15). The lowest BCUT2D eigenvalue weighted by molar-refractivity contribution is -0.120. The van der Waals surface area contributed by atoms with Crippen LogP contribution in [-0.2, 0) is 4.79 Å². The summed E-state index contributed by atoms with van der Waals surface area (Å²) in [5, 5.41) is 2.96. The van der Waals surface area contributed by atoms with Gasteiger partial charge in [-0.1, -0.05) is 26.2 Å². The summed E-state index contributed by atoms with van der Waals surface area (Å²) in [6.45, 7) is 3.12. The average molecular weight is 232 g/mol. The number of carbonyl (C=O) groups excluding carboxylic acids is 1. The fourth-order valence-electron chi connectivity index (χ4n) is 2.28. The van der Waals surface area contributed by atoms with Gasteiger partial charge < -0.3 is 5.32 Å². The molecule has 1 amide bonds. The normalized spacial score (nSPS) is 26.3. The minimum Gasteiger partial charge on any atom is -0.356 e. The minimum absolute atomic E-state index is 0.0996. The molecule has 0 radical (unpaired) electrons. The number of amides is 1. The van der Waals surface area contributed by atoms with Crippen LogP contribution in [0.15, 0.2) is 0 Å². The van der Waals surface area contributed by atoms with Gasteiger partial charge in [0.15, 0.2) is 0 Å². The van der Waals surface area contributed by atoms with E-state index in [2.05, 4.69) is 12.2 Å². The molecule has 15 heavy (non-hydrogen) atoms. The Hall–Kier alpha value is -0.240. The van der Waals surface area contributed by atoms with Gasteiger partial charge in [-0.15, -0.1) is 11.6 Å². The molecule has 0 atom stereocenters. The van der Waals surface area contributed by atoms with Crippen LogP contribution in [0.4, 0.5) is 0 Å². The van der Waals surface area contributed by atoms with Crippen molar-refractivity contribution in [1.82, 2.24) is 5.32 Å². The number of halogens is 1. The summed E-state index contributed by atoms with van der Waals surface area (Å²) in [5.74, 6) is 2.16. The number of nitrogens with one attached hydrogen (secondary N) is 1. The third-order valence-corrected chi connectivity index (χ3v) is 3.64. The second-order valence-corrected chi connectivity index (χ2v) is 4.92. The molecule has 1 aliphatic rings. The van der Waals surface area contributed by atoms with Crippen molar-refractivity contribution in [2.24, 2.45) is 11.8 Å². The van der Waals surface area contributed by atoms with Crippen molar-refractivity contribution < 1.29 is 4.79 Å². The maximum Gasteiger partial charge on any atom is 0.221 e. The molecular formula is C12H22ClNO. The molecule has 0 bridgehead atoms. The van der Waals surface area contributed by atoms with Gasteiger partial charge in [0.05, 0.1) is 0 Å². The molecule has 0 heterocycles. The van der Waals surface area contributed by atoms with E-state index in [-0.39, 0.29) is 5.91 Å². The van der Waals surface area contributed by atoms with Crippen molar-refractivity contribution >= 4 is 17.5 Å². The van der Waals surface area contributed by atoms with E-state index in [0.29, 0.717) is 18.2 Å². The van der Waals surface area contributed by atoms with Gasteiger partial charge in [0.25, 0.3) is 0 Å². The van der Waals surface area contributed by atoms with Crippen molar-refractivity contribution in [2.75, 3.05) is 12.4 Å². The Morgan fingerprint density at radius 3 is 2.40 bits per heavy atom. The molecule has 0 aromatic carbocycles. The smallest absolute Gasteiger partial charge is 0.221 e. The molecule has 1 fully saturated rings. The van der Waals surface area contributed by atoms with Crippen molar-refractivity contribution in [3.8, 4) is 0 Å². The number of rotatable bonds is 5. The molecule has 1 aliphatic carbocycles. The van der Waals surface area contributed by atoms with E-state index in [1.807, 2.05) is 0 Å². The Bertz CT molecular complexity index is 188. The lowest BCUT2D eigenvalue weighted by Gasteiger charge is -2.27. The molecule has 0 spiro atoms. The van der Waals surface area contributed by atoms with E-state index in [9.17, 15) is 4.79 Å². The molecular weight excluding hydrogens is 210 g/mol. The van der Waals surface area contributed by atoms with E-state index in [4.69, 9.17) is 11.6 Å². The molecule has 1 N–H and O–H groups in total. The Labute approximate surface area is 97.8 Å². The second-order valence-electron chi connectivity index (χ2n) is 4.54. The summed E-state index contributed by atoms with van der Waals surface area (Å²) in [7, 11) is 0. The van der Waals surface area contributed by atoms with Crippen molar-refractivity contribution in [1.29, 1.82) is 0 Å². The zero-order valence-electron chi connectivity index (χ0n) is 9.60. The zero-order chi connectivity index (χ0) is 11.1. The molecule has 1 rings (SSSR count). The molecule has 3 heteroatoms. The first kappa shape index (κ1) is 12.8. The highest BCUT2D eigenvalue weighted by atomic mass is 35.5. The van der Waals surface area contributed by atoms with E-state index in [1.165, 1.54) is 32.1 Å². The summed E-state index contributed by atoms with van der Waals surface area (Å²) in [6.07, 6.45) is 7.00. The van der Waals surface area contributed by atoms with Crippen LogP contribution < -0.4 is 5.32 Å². The fourth-order valence-corrected chi connectivity index (χ4v) is 2.45. The van der Waals surface area contributed by atoms with Crippen LogP contribution in [0.3, 0.4) is 0 Å². The largest absolute Gasteiger partial charge is 0.356 e. The Morgan fingerprint density at radius 1 is 1.27 bits per heavy atom. The second kappa shape index (κ2) is 7.10. The Kier molecular flexibility index (Phi) is 6.07. The van der Waals surface area contributed by atoms with Gasteiger partial charge in [-0.3, -0.25) is 4.79 Å². The van der Waals surface area contributed by atoms with Gasteiger partial charge in [-0.2, -0.15) is 0 Å². The number of hydrogen-bond acceptors (Lipinski definition) is 1. The number of alkyl halides is 1. The van der Waals surface area contributed by atoms with E-state index in [0.717, 1.165) is 12.5 Å². The monoisotopic (exact) mass is 231 g/mol. The molecule has 0 aliphatic heterocycles. The molecule has 0 saturated heterocycles. The van der Waals surface area contributed by atoms with Gasteiger partial charge in [0.2, 0.25) is 5.91 Å². The molecule has 0 aromatic rings. The van der Waals surface area contributed by atoms with E-state index >= 15 is 0 Å². The van der Waals surface area contributed by atoms with E-state index < -0.39 is 0 Å². The molecule has 88 valence electrons. The summed E-state index contributed by atoms with van der Waals surface area (Å²) in [4.78, 5) is 11.2.